The van der Waals surface area contributed by atoms with Gasteiger partial charge in [-0.2, -0.15) is 5.10 Å². The Kier molecular flexibility index (Phi) is 10.8. The smallest absolute Gasteiger partial charge is 0.344 e. The average molecular weight is 530 g/mol. The number of para-hydroxylation sites is 1. The van der Waals surface area contributed by atoms with Gasteiger partial charge in [-0.3, -0.25) is 4.79 Å². The molecule has 0 aliphatic carbocycles. The fraction of sp³-hybridized carbons (Fsp3) is 0.406. The molecule has 2 heterocycles. The van der Waals surface area contributed by atoms with E-state index in [1.807, 2.05) is 65.6 Å². The molecule has 0 amide bonds. The van der Waals surface area contributed by atoms with E-state index in [2.05, 4.69) is 15.7 Å². The summed E-state index contributed by atoms with van der Waals surface area (Å²) >= 11 is 0. The van der Waals surface area contributed by atoms with Crippen molar-refractivity contribution in [3.63, 3.8) is 0 Å². The second-order valence-electron chi connectivity index (χ2n) is 9.79. The van der Waals surface area contributed by atoms with Crippen molar-refractivity contribution in [2.75, 3.05) is 13.2 Å². The molecule has 0 spiro atoms. The summed E-state index contributed by atoms with van der Waals surface area (Å²) in [6.45, 7) is 2.99. The molecule has 0 fully saturated rings. The van der Waals surface area contributed by atoms with Gasteiger partial charge in [0.2, 0.25) is 0 Å². The maximum absolute atomic E-state index is 12.0. The molecule has 0 bridgehead atoms. The minimum Gasteiger partial charge on any atom is -0.482 e. The number of fused-ring (bicyclic) bond motifs is 1. The zero-order valence-corrected chi connectivity index (χ0v) is 22.9. The Bertz CT molecular complexity index is 1370. The van der Waals surface area contributed by atoms with Gasteiger partial charge < -0.3 is 14.0 Å². The molecule has 39 heavy (non-hydrogen) atoms. The number of pyridine rings is 1. The van der Waals surface area contributed by atoms with E-state index in [0.29, 0.717) is 12.4 Å². The van der Waals surface area contributed by atoms with Gasteiger partial charge in [0, 0.05) is 36.1 Å². The zero-order chi connectivity index (χ0) is 27.3. The summed E-state index contributed by atoms with van der Waals surface area (Å²) in [5.74, 6) is 0.262. The molecule has 2 aromatic carbocycles. The highest BCUT2D eigenvalue weighted by atomic mass is 16.6. The van der Waals surface area contributed by atoms with Crippen molar-refractivity contribution >= 4 is 16.9 Å². The highest BCUT2D eigenvalue weighted by Crippen LogP contribution is 2.19. The Morgan fingerprint density at radius 2 is 1.56 bits per heavy atom. The number of hydrogen-bond acceptors (Lipinski definition) is 5. The first-order chi connectivity index (χ1) is 19.2. The Hall–Kier alpha value is -3.87. The van der Waals surface area contributed by atoms with E-state index in [1.165, 1.54) is 44.2 Å². The largest absolute Gasteiger partial charge is 0.482 e. The molecule has 0 unspecified atom stereocenters. The third kappa shape index (κ3) is 8.31. The maximum Gasteiger partial charge on any atom is 0.344 e. The Morgan fingerprint density at radius 3 is 2.33 bits per heavy atom. The SMILES string of the molecule is CCOC(=O)COc1ccc(-n2nccc2CCCCCCCCCCn2ccc(=O)c3ccccc32)cc1. The summed E-state index contributed by atoms with van der Waals surface area (Å²) < 4.78 is 14.5. The minimum absolute atomic E-state index is 0.0887. The molecule has 0 radical (unpaired) electrons. The van der Waals surface area contributed by atoms with Gasteiger partial charge >= 0.3 is 5.97 Å². The van der Waals surface area contributed by atoms with Gasteiger partial charge in [0.25, 0.3) is 0 Å². The summed E-state index contributed by atoms with van der Waals surface area (Å²) in [5, 5.41) is 5.30. The van der Waals surface area contributed by atoms with Gasteiger partial charge in [-0.15, -0.1) is 0 Å². The number of benzene rings is 2. The molecule has 4 rings (SSSR count). The first-order valence-electron chi connectivity index (χ1n) is 14.2. The van der Waals surface area contributed by atoms with Crippen LogP contribution in [0.5, 0.6) is 5.75 Å². The van der Waals surface area contributed by atoms with Crippen molar-refractivity contribution in [3.8, 4) is 11.4 Å². The monoisotopic (exact) mass is 529 g/mol. The first-order valence-corrected chi connectivity index (χ1v) is 14.2. The van der Waals surface area contributed by atoms with Crippen LogP contribution < -0.4 is 10.2 Å². The standard InChI is InChI=1S/C32H39N3O4/c1-2-38-32(37)25-39-28-18-16-27(17-19-28)35-26(20-22-33-35)13-9-7-5-3-4-6-8-12-23-34-24-21-31(36)29-14-10-11-15-30(29)34/h10-11,14-22,24H,2-9,12-13,23,25H2,1H3. The van der Waals surface area contributed by atoms with Gasteiger partial charge in [-0.25, -0.2) is 9.48 Å². The second-order valence-corrected chi connectivity index (χ2v) is 9.79. The Labute approximate surface area is 230 Å². The lowest BCUT2D eigenvalue weighted by molar-refractivity contribution is -0.145. The number of carbonyl (C=O) groups excluding carboxylic acids is 1. The molecule has 0 saturated heterocycles. The number of hydrogen-bond donors (Lipinski definition) is 0. The molecule has 0 aliphatic rings. The number of nitrogens with zero attached hydrogens (tertiary/aromatic N) is 3. The number of esters is 1. The molecule has 7 nitrogen and oxygen atoms in total. The summed E-state index contributed by atoms with van der Waals surface area (Å²) in [5.41, 5.74) is 3.31. The highest BCUT2D eigenvalue weighted by molar-refractivity contribution is 5.78. The van der Waals surface area contributed by atoms with E-state index in [9.17, 15) is 9.59 Å². The minimum atomic E-state index is -0.368. The van der Waals surface area contributed by atoms with Gasteiger partial charge in [0.1, 0.15) is 5.75 Å². The summed E-state index contributed by atoms with van der Waals surface area (Å²) in [7, 11) is 0. The molecular weight excluding hydrogens is 490 g/mol. The van der Waals surface area contributed by atoms with Gasteiger partial charge in [-0.1, -0.05) is 50.7 Å². The number of ether oxygens (including phenoxy) is 2. The Morgan fingerprint density at radius 1 is 0.846 bits per heavy atom. The number of aryl methyl sites for hydroxylation is 2. The molecule has 0 aliphatic heterocycles. The van der Waals surface area contributed by atoms with Gasteiger partial charge in [0.05, 0.1) is 17.8 Å². The lowest BCUT2D eigenvalue weighted by Crippen LogP contribution is -2.14. The molecule has 0 saturated carbocycles. The maximum atomic E-state index is 12.0. The molecule has 2 aromatic heterocycles. The number of carbonyl (C=O) groups is 1. The zero-order valence-electron chi connectivity index (χ0n) is 22.9. The fourth-order valence-electron chi connectivity index (χ4n) is 4.89. The second kappa shape index (κ2) is 14.9. The summed E-state index contributed by atoms with van der Waals surface area (Å²) in [6.07, 6.45) is 14.5. The number of aromatic nitrogens is 3. The van der Waals surface area contributed by atoms with Crippen molar-refractivity contribution in [2.24, 2.45) is 0 Å². The van der Waals surface area contributed by atoms with Crippen LogP contribution in [0.15, 0.2) is 77.9 Å². The van der Waals surface area contributed by atoms with Gasteiger partial charge in [0.15, 0.2) is 12.0 Å². The molecule has 7 heteroatoms. The molecule has 4 aromatic rings. The van der Waals surface area contributed by atoms with Crippen molar-refractivity contribution in [3.05, 3.63) is 89.0 Å². The lowest BCUT2D eigenvalue weighted by Gasteiger charge is -2.10. The van der Waals surface area contributed by atoms with E-state index in [1.54, 1.807) is 13.0 Å². The Balaban J connectivity index is 1.09. The highest BCUT2D eigenvalue weighted by Gasteiger charge is 2.07. The van der Waals surface area contributed by atoms with E-state index in [4.69, 9.17) is 9.47 Å². The summed E-state index contributed by atoms with van der Waals surface area (Å²) in [4.78, 5) is 23.5. The first kappa shape index (κ1) is 28.1. The van der Waals surface area contributed by atoms with E-state index < -0.39 is 0 Å². The van der Waals surface area contributed by atoms with Crippen LogP contribution in [0.3, 0.4) is 0 Å². The van der Waals surface area contributed by atoms with Crippen LogP contribution in [-0.2, 0) is 22.5 Å². The topological polar surface area (TPSA) is 75.3 Å². The van der Waals surface area contributed by atoms with Crippen LogP contribution in [0.4, 0.5) is 0 Å². The van der Waals surface area contributed by atoms with Crippen LogP contribution in [0.25, 0.3) is 16.6 Å². The van der Waals surface area contributed by atoms with E-state index in [0.717, 1.165) is 42.4 Å². The van der Waals surface area contributed by atoms with Crippen LogP contribution in [0.2, 0.25) is 0 Å². The van der Waals surface area contributed by atoms with E-state index in [-0.39, 0.29) is 18.0 Å². The fourth-order valence-corrected chi connectivity index (χ4v) is 4.89. The van der Waals surface area contributed by atoms with Crippen LogP contribution in [-0.4, -0.2) is 33.5 Å². The molecule has 206 valence electrons. The van der Waals surface area contributed by atoms with E-state index >= 15 is 0 Å². The number of rotatable bonds is 16. The van der Waals surface area contributed by atoms with Crippen molar-refractivity contribution in [1.82, 2.24) is 14.3 Å². The van der Waals surface area contributed by atoms with Crippen LogP contribution in [0, 0.1) is 0 Å². The number of unbranched alkanes of at least 4 members (excludes halogenated alkanes) is 7. The lowest BCUT2D eigenvalue weighted by atomic mass is 10.1. The molecular formula is C32H39N3O4. The third-order valence-corrected chi connectivity index (χ3v) is 6.93. The quantitative estimate of drug-likeness (QED) is 0.122. The molecule has 0 N–H and O–H groups in total. The van der Waals surface area contributed by atoms with Gasteiger partial charge in [-0.05, 0) is 68.7 Å². The summed E-state index contributed by atoms with van der Waals surface area (Å²) in [6, 6.07) is 19.2. The van der Waals surface area contributed by atoms with Crippen LogP contribution in [0.1, 0.15) is 64.0 Å². The van der Waals surface area contributed by atoms with Crippen LogP contribution >= 0.6 is 0 Å². The molecule has 0 atom stereocenters. The van der Waals surface area contributed by atoms with Crippen molar-refractivity contribution < 1.29 is 14.3 Å². The van der Waals surface area contributed by atoms with Crippen molar-refractivity contribution in [2.45, 2.75) is 71.3 Å². The normalized spacial score (nSPS) is 11.1. The predicted molar refractivity (Wildman–Crippen MR) is 155 cm³/mol. The average Bonchev–Trinajstić information content (AvgIpc) is 3.43. The predicted octanol–water partition coefficient (Wildman–Crippen LogP) is 6.49. The van der Waals surface area contributed by atoms with Crippen molar-refractivity contribution in [1.29, 1.82) is 0 Å². The third-order valence-electron chi connectivity index (χ3n) is 6.93.